The molecule has 3 nitrogen and oxygen atoms in total. The van der Waals surface area contributed by atoms with Crippen molar-refractivity contribution < 1.29 is 4.74 Å². The zero-order chi connectivity index (χ0) is 14.9. The Morgan fingerprint density at radius 2 is 1.90 bits per heavy atom. The SMILES string of the molecule is CC(C)C1CN2CCCCC2CN1CC1(C)CCOCC1. The highest BCUT2D eigenvalue weighted by atomic mass is 16.5. The molecule has 3 heterocycles. The quantitative estimate of drug-likeness (QED) is 0.796. The number of fused-ring (bicyclic) bond motifs is 1. The Kier molecular flexibility index (Phi) is 4.92. The summed E-state index contributed by atoms with van der Waals surface area (Å²) in [5.74, 6) is 0.760. The molecule has 21 heavy (non-hydrogen) atoms. The van der Waals surface area contributed by atoms with E-state index in [2.05, 4.69) is 30.6 Å². The van der Waals surface area contributed by atoms with Crippen LogP contribution >= 0.6 is 0 Å². The third-order valence-corrected chi connectivity index (χ3v) is 6.14. The van der Waals surface area contributed by atoms with Crippen molar-refractivity contribution in [2.75, 3.05) is 39.4 Å². The van der Waals surface area contributed by atoms with Crippen LogP contribution in [0.4, 0.5) is 0 Å². The first-order valence-electron chi connectivity index (χ1n) is 9.13. The van der Waals surface area contributed by atoms with E-state index in [9.17, 15) is 0 Å². The van der Waals surface area contributed by atoms with Crippen molar-refractivity contribution in [1.29, 1.82) is 0 Å². The van der Waals surface area contributed by atoms with Gasteiger partial charge in [-0.1, -0.05) is 27.2 Å². The average molecular weight is 294 g/mol. The molecule has 2 atom stereocenters. The smallest absolute Gasteiger partial charge is 0.0471 e. The van der Waals surface area contributed by atoms with Gasteiger partial charge in [0, 0.05) is 44.9 Å². The molecule has 0 amide bonds. The van der Waals surface area contributed by atoms with Gasteiger partial charge in [0.1, 0.15) is 0 Å². The fraction of sp³-hybridized carbons (Fsp3) is 1.00. The molecular weight excluding hydrogens is 260 g/mol. The van der Waals surface area contributed by atoms with Gasteiger partial charge in [-0.3, -0.25) is 9.80 Å². The number of hydrogen-bond donors (Lipinski definition) is 0. The molecule has 0 N–H and O–H groups in total. The van der Waals surface area contributed by atoms with E-state index in [4.69, 9.17) is 4.74 Å². The van der Waals surface area contributed by atoms with E-state index in [1.165, 1.54) is 58.3 Å². The lowest BCUT2D eigenvalue weighted by Gasteiger charge is -2.52. The Morgan fingerprint density at radius 1 is 1.14 bits per heavy atom. The van der Waals surface area contributed by atoms with Gasteiger partial charge in [-0.05, 0) is 43.6 Å². The zero-order valence-corrected chi connectivity index (χ0v) is 14.3. The zero-order valence-electron chi connectivity index (χ0n) is 14.3. The second-order valence-electron chi connectivity index (χ2n) is 8.31. The van der Waals surface area contributed by atoms with Crippen LogP contribution in [-0.2, 0) is 4.74 Å². The van der Waals surface area contributed by atoms with E-state index < -0.39 is 0 Å². The molecule has 0 aliphatic carbocycles. The summed E-state index contributed by atoms with van der Waals surface area (Å²) in [6.45, 7) is 14.5. The van der Waals surface area contributed by atoms with Gasteiger partial charge in [0.25, 0.3) is 0 Å². The summed E-state index contributed by atoms with van der Waals surface area (Å²) in [7, 11) is 0. The molecule has 0 aromatic heterocycles. The molecule has 0 aromatic rings. The maximum absolute atomic E-state index is 5.59. The fourth-order valence-corrected chi connectivity index (χ4v) is 4.60. The van der Waals surface area contributed by atoms with E-state index in [1.807, 2.05) is 0 Å². The number of piperazine rings is 1. The highest BCUT2D eigenvalue weighted by Gasteiger charge is 2.39. The fourth-order valence-electron chi connectivity index (χ4n) is 4.60. The number of rotatable bonds is 3. The largest absolute Gasteiger partial charge is 0.381 e. The number of piperidine rings is 1. The Labute approximate surface area is 131 Å². The monoisotopic (exact) mass is 294 g/mol. The third kappa shape index (κ3) is 3.62. The molecule has 122 valence electrons. The van der Waals surface area contributed by atoms with Crippen molar-refractivity contribution in [3.63, 3.8) is 0 Å². The molecule has 3 fully saturated rings. The Hall–Kier alpha value is -0.120. The van der Waals surface area contributed by atoms with Gasteiger partial charge in [0.2, 0.25) is 0 Å². The van der Waals surface area contributed by atoms with E-state index in [-0.39, 0.29) is 0 Å². The minimum Gasteiger partial charge on any atom is -0.381 e. The van der Waals surface area contributed by atoms with E-state index in [0.717, 1.165) is 31.2 Å². The van der Waals surface area contributed by atoms with Crippen LogP contribution in [-0.4, -0.2) is 61.3 Å². The molecule has 3 heteroatoms. The van der Waals surface area contributed by atoms with Crippen molar-refractivity contribution in [1.82, 2.24) is 9.80 Å². The van der Waals surface area contributed by atoms with Crippen LogP contribution < -0.4 is 0 Å². The Bertz CT molecular complexity index is 338. The van der Waals surface area contributed by atoms with Gasteiger partial charge in [-0.2, -0.15) is 0 Å². The maximum Gasteiger partial charge on any atom is 0.0471 e. The number of nitrogens with zero attached hydrogens (tertiary/aromatic N) is 2. The summed E-state index contributed by atoms with van der Waals surface area (Å²) in [6.07, 6.45) is 6.75. The van der Waals surface area contributed by atoms with Crippen LogP contribution in [0.15, 0.2) is 0 Å². The summed E-state index contributed by atoms with van der Waals surface area (Å²) in [4.78, 5) is 5.64. The van der Waals surface area contributed by atoms with Crippen LogP contribution in [0.2, 0.25) is 0 Å². The number of hydrogen-bond acceptors (Lipinski definition) is 3. The standard InChI is InChI=1S/C18H34N2O/c1-15(2)17-13-19-9-5-4-6-16(19)12-20(17)14-18(3)7-10-21-11-8-18/h15-17H,4-14H2,1-3H3. The lowest BCUT2D eigenvalue weighted by molar-refractivity contribution is -0.0502. The maximum atomic E-state index is 5.59. The molecule has 0 bridgehead atoms. The summed E-state index contributed by atoms with van der Waals surface area (Å²) < 4.78 is 5.59. The van der Waals surface area contributed by atoms with Gasteiger partial charge in [0.05, 0.1) is 0 Å². The number of ether oxygens (including phenoxy) is 1. The van der Waals surface area contributed by atoms with Gasteiger partial charge in [0.15, 0.2) is 0 Å². The highest BCUT2D eigenvalue weighted by molar-refractivity contribution is 4.94. The van der Waals surface area contributed by atoms with Crippen LogP contribution in [0.5, 0.6) is 0 Å². The van der Waals surface area contributed by atoms with Crippen molar-refractivity contribution in [3.05, 3.63) is 0 Å². The first-order chi connectivity index (χ1) is 10.1. The molecule has 0 spiro atoms. The predicted octanol–water partition coefficient (Wildman–Crippen LogP) is 3.00. The molecular formula is C18H34N2O. The van der Waals surface area contributed by atoms with Crippen molar-refractivity contribution in [2.45, 2.75) is 65.0 Å². The van der Waals surface area contributed by atoms with Gasteiger partial charge >= 0.3 is 0 Å². The molecule has 3 saturated heterocycles. The lowest BCUT2D eigenvalue weighted by Crippen LogP contribution is -2.62. The molecule has 3 rings (SSSR count). The Morgan fingerprint density at radius 3 is 2.62 bits per heavy atom. The third-order valence-electron chi connectivity index (χ3n) is 6.14. The summed E-state index contributed by atoms with van der Waals surface area (Å²) in [6, 6.07) is 1.58. The van der Waals surface area contributed by atoms with Gasteiger partial charge < -0.3 is 4.74 Å². The van der Waals surface area contributed by atoms with E-state index >= 15 is 0 Å². The van der Waals surface area contributed by atoms with Crippen LogP contribution in [0.1, 0.15) is 52.9 Å². The van der Waals surface area contributed by atoms with Crippen LogP contribution in [0, 0.1) is 11.3 Å². The molecule has 0 radical (unpaired) electrons. The minimum atomic E-state index is 0.474. The van der Waals surface area contributed by atoms with Crippen LogP contribution in [0.3, 0.4) is 0 Å². The topological polar surface area (TPSA) is 15.7 Å². The average Bonchev–Trinajstić information content (AvgIpc) is 2.46. The van der Waals surface area contributed by atoms with Crippen molar-refractivity contribution >= 4 is 0 Å². The molecule has 3 aliphatic heterocycles. The van der Waals surface area contributed by atoms with Crippen molar-refractivity contribution in [2.24, 2.45) is 11.3 Å². The normalized spacial score (nSPS) is 34.9. The first-order valence-corrected chi connectivity index (χ1v) is 9.13. The van der Waals surface area contributed by atoms with Crippen molar-refractivity contribution in [3.8, 4) is 0 Å². The minimum absolute atomic E-state index is 0.474. The highest BCUT2D eigenvalue weighted by Crippen LogP contribution is 2.34. The summed E-state index contributed by atoms with van der Waals surface area (Å²) >= 11 is 0. The predicted molar refractivity (Wildman–Crippen MR) is 87.6 cm³/mol. The first kappa shape index (κ1) is 15.8. The summed E-state index contributed by atoms with van der Waals surface area (Å²) in [5, 5.41) is 0. The van der Waals surface area contributed by atoms with Gasteiger partial charge in [-0.15, -0.1) is 0 Å². The van der Waals surface area contributed by atoms with E-state index in [1.54, 1.807) is 0 Å². The second kappa shape index (κ2) is 6.55. The second-order valence-corrected chi connectivity index (χ2v) is 8.31. The van der Waals surface area contributed by atoms with Gasteiger partial charge in [-0.25, -0.2) is 0 Å². The lowest BCUT2D eigenvalue weighted by atomic mass is 9.80. The summed E-state index contributed by atoms with van der Waals surface area (Å²) in [5.41, 5.74) is 0.474. The molecule has 0 saturated carbocycles. The van der Waals surface area contributed by atoms with Crippen LogP contribution in [0.25, 0.3) is 0 Å². The molecule has 2 unspecified atom stereocenters. The van der Waals surface area contributed by atoms with E-state index in [0.29, 0.717) is 5.41 Å². The Balaban J connectivity index is 1.68. The molecule has 3 aliphatic rings. The molecule has 0 aromatic carbocycles.